The number of hydrogen-bond donors (Lipinski definition) is 1. The third kappa shape index (κ3) is 6.73. The summed E-state index contributed by atoms with van der Waals surface area (Å²) in [6.45, 7) is 1.18. The van der Waals surface area contributed by atoms with E-state index in [0.717, 1.165) is 16.7 Å². The van der Waals surface area contributed by atoms with Gasteiger partial charge in [-0.3, -0.25) is 0 Å². The van der Waals surface area contributed by atoms with E-state index in [1.54, 1.807) is 0 Å². The van der Waals surface area contributed by atoms with E-state index in [4.69, 9.17) is 25.1 Å². The van der Waals surface area contributed by atoms with Gasteiger partial charge in [0.1, 0.15) is 24.4 Å². The van der Waals surface area contributed by atoms with Crippen LogP contribution in [-0.2, 0) is 43.5 Å². The summed E-state index contributed by atoms with van der Waals surface area (Å²) in [5.41, 5.74) is 2.99. The number of rotatable bonds is 11. The molecule has 1 aliphatic rings. The molecule has 180 valence electrons. The Labute approximate surface area is 202 Å². The van der Waals surface area contributed by atoms with Gasteiger partial charge in [0.05, 0.1) is 27.8 Å². The van der Waals surface area contributed by atoms with Crippen molar-refractivity contribution in [3.05, 3.63) is 108 Å². The molecule has 3 aromatic rings. The van der Waals surface area contributed by atoms with Gasteiger partial charge in [-0.25, -0.2) is 0 Å². The van der Waals surface area contributed by atoms with Gasteiger partial charge in [0.15, 0.2) is 6.29 Å². The minimum absolute atomic E-state index is 0.189. The molecule has 6 nitrogen and oxygen atoms in total. The predicted molar refractivity (Wildman–Crippen MR) is 128 cm³/mol. The number of ether oxygens (including phenoxy) is 5. The van der Waals surface area contributed by atoms with Crippen molar-refractivity contribution in [1.82, 2.24) is 0 Å². The topological polar surface area (TPSA) is 66.4 Å². The first-order chi connectivity index (χ1) is 17.2. The summed E-state index contributed by atoms with van der Waals surface area (Å²) < 4.78 is 37.7. The molecule has 34 heavy (non-hydrogen) atoms. The summed E-state index contributed by atoms with van der Waals surface area (Å²) >= 11 is 0. The van der Waals surface area contributed by atoms with E-state index >= 15 is 0 Å². The highest BCUT2D eigenvalue weighted by Gasteiger charge is 2.47. The summed E-state index contributed by atoms with van der Waals surface area (Å²) in [6.07, 6.45) is -4.01. The molecule has 0 aliphatic carbocycles. The highest BCUT2D eigenvalue weighted by atomic mass is 16.7. The Morgan fingerprint density at radius 3 is 1.74 bits per heavy atom. The van der Waals surface area contributed by atoms with Crippen LogP contribution >= 0.6 is 0 Å². The largest absolute Gasteiger partial charge is 0.376 e. The molecule has 0 radical (unpaired) electrons. The van der Waals surface area contributed by atoms with Crippen molar-refractivity contribution in [2.24, 2.45) is 0 Å². The van der Waals surface area contributed by atoms with Crippen molar-refractivity contribution in [3.8, 4) is 0 Å². The molecule has 6 heteroatoms. The van der Waals surface area contributed by atoms with Crippen LogP contribution < -0.4 is 0 Å². The minimum atomic E-state index is -1.25. The Kier molecular flexibility index (Phi) is 8.70. The lowest BCUT2D eigenvalue weighted by atomic mass is 9.98. The molecule has 1 heterocycles. The average molecular weight is 466 g/mol. The Morgan fingerprint density at radius 2 is 1.21 bits per heavy atom. The zero-order valence-electron chi connectivity index (χ0n) is 20.1. The SMILES string of the molecule is [2H]CO[C@H]1[C@H](OCc2ccccc2)[C@@H](COCc2ccccc2)OC(O)[C@@H]1OCc1ccccc1. The first kappa shape index (κ1) is 23.2. The second-order valence-electron chi connectivity index (χ2n) is 8.22. The van der Waals surface area contributed by atoms with Gasteiger partial charge < -0.3 is 28.8 Å². The third-order valence-electron chi connectivity index (χ3n) is 5.77. The van der Waals surface area contributed by atoms with Gasteiger partial charge in [0.2, 0.25) is 0 Å². The fourth-order valence-electron chi connectivity index (χ4n) is 4.00. The van der Waals surface area contributed by atoms with Crippen molar-refractivity contribution < 1.29 is 30.2 Å². The molecule has 1 saturated heterocycles. The maximum absolute atomic E-state index is 10.8. The summed E-state index contributed by atoms with van der Waals surface area (Å²) in [5.74, 6) is 0. The lowest BCUT2D eigenvalue weighted by molar-refractivity contribution is -0.312. The van der Waals surface area contributed by atoms with Crippen molar-refractivity contribution in [1.29, 1.82) is 0 Å². The molecule has 1 unspecified atom stereocenters. The van der Waals surface area contributed by atoms with Crippen LogP contribution in [0.4, 0.5) is 0 Å². The summed E-state index contributed by atoms with van der Waals surface area (Å²) in [7, 11) is -0.300. The van der Waals surface area contributed by atoms with E-state index in [0.29, 0.717) is 13.2 Å². The standard InChI is InChI=1S/C28H32O6/c1-30-26-25(32-18-22-13-7-3-8-14-22)24(20-31-17-21-11-5-2-6-12-21)34-28(29)27(26)33-19-23-15-9-4-10-16-23/h2-16,24-29H,17-20H2,1H3/t24-,25-,26+,27-,28?/m1/s1/i1D. The molecule has 1 N–H and O–H groups in total. The van der Waals surface area contributed by atoms with Crippen molar-refractivity contribution in [2.75, 3.05) is 13.7 Å². The van der Waals surface area contributed by atoms with E-state index in [2.05, 4.69) is 0 Å². The summed E-state index contributed by atoms with van der Waals surface area (Å²) in [6, 6.07) is 29.3. The fourth-order valence-corrected chi connectivity index (χ4v) is 4.00. The second kappa shape index (κ2) is 12.8. The fraction of sp³-hybridized carbons (Fsp3) is 0.357. The van der Waals surface area contributed by atoms with Gasteiger partial charge >= 0.3 is 0 Å². The van der Waals surface area contributed by atoms with Crippen molar-refractivity contribution >= 4 is 0 Å². The van der Waals surface area contributed by atoms with Crippen LogP contribution in [0.2, 0.25) is 0 Å². The first-order valence-electron chi connectivity index (χ1n) is 12.1. The lowest BCUT2D eigenvalue weighted by Gasteiger charge is -2.44. The second-order valence-corrected chi connectivity index (χ2v) is 8.22. The summed E-state index contributed by atoms with van der Waals surface area (Å²) in [4.78, 5) is 0. The van der Waals surface area contributed by atoms with E-state index in [9.17, 15) is 5.11 Å². The van der Waals surface area contributed by atoms with Gasteiger partial charge in [-0.2, -0.15) is 0 Å². The van der Waals surface area contributed by atoms with Gasteiger partial charge in [-0.05, 0) is 16.7 Å². The number of benzene rings is 3. The molecule has 0 amide bonds. The first-order valence-corrected chi connectivity index (χ1v) is 11.4. The van der Waals surface area contributed by atoms with Gasteiger partial charge in [0, 0.05) is 7.09 Å². The minimum Gasteiger partial charge on any atom is -0.376 e. The van der Waals surface area contributed by atoms with Crippen LogP contribution in [0.3, 0.4) is 0 Å². The maximum atomic E-state index is 10.8. The van der Waals surface area contributed by atoms with Crippen LogP contribution in [0, 0.1) is 0 Å². The number of hydrogen-bond acceptors (Lipinski definition) is 6. The zero-order chi connectivity index (χ0) is 24.3. The Morgan fingerprint density at radius 1 is 0.706 bits per heavy atom. The monoisotopic (exact) mass is 465 g/mol. The summed E-state index contributed by atoms with van der Waals surface area (Å²) in [5, 5.41) is 10.8. The zero-order valence-corrected chi connectivity index (χ0v) is 19.1. The van der Waals surface area contributed by atoms with Crippen LogP contribution in [0.1, 0.15) is 18.1 Å². The lowest BCUT2D eigenvalue weighted by Crippen LogP contribution is -2.61. The van der Waals surface area contributed by atoms with Gasteiger partial charge in [0.25, 0.3) is 0 Å². The van der Waals surface area contributed by atoms with Gasteiger partial charge in [-0.15, -0.1) is 0 Å². The van der Waals surface area contributed by atoms with Crippen LogP contribution in [0.15, 0.2) is 91.0 Å². The molecule has 0 saturated carbocycles. The molecule has 0 bridgehead atoms. The average Bonchev–Trinajstić information content (AvgIpc) is 2.90. The molecule has 0 aromatic heterocycles. The highest BCUT2D eigenvalue weighted by molar-refractivity contribution is 5.15. The number of aliphatic hydroxyl groups excluding tert-OH is 1. The molecule has 0 spiro atoms. The Hall–Kier alpha value is -2.58. The number of methoxy groups -OCH3 is 1. The van der Waals surface area contributed by atoms with Crippen LogP contribution in [-0.4, -0.2) is 49.5 Å². The van der Waals surface area contributed by atoms with Crippen LogP contribution in [0.25, 0.3) is 0 Å². The smallest absolute Gasteiger partial charge is 0.184 e. The molecule has 5 atom stereocenters. The Bertz CT molecular complexity index is 975. The van der Waals surface area contributed by atoms with Crippen molar-refractivity contribution in [2.45, 2.75) is 50.5 Å². The van der Waals surface area contributed by atoms with E-state index in [1.165, 1.54) is 0 Å². The van der Waals surface area contributed by atoms with E-state index in [-0.39, 0.29) is 20.3 Å². The van der Waals surface area contributed by atoms with Gasteiger partial charge in [-0.1, -0.05) is 91.0 Å². The molecule has 3 aromatic carbocycles. The highest BCUT2D eigenvalue weighted by Crippen LogP contribution is 2.29. The predicted octanol–water partition coefficient (Wildman–Crippen LogP) is 4.11. The quantitative estimate of drug-likeness (QED) is 0.460. The number of aliphatic hydroxyl groups is 1. The molecular weight excluding hydrogens is 432 g/mol. The molecule has 4 rings (SSSR count). The van der Waals surface area contributed by atoms with Crippen LogP contribution in [0.5, 0.6) is 0 Å². The maximum Gasteiger partial charge on any atom is 0.184 e. The van der Waals surface area contributed by atoms with Crippen molar-refractivity contribution in [3.63, 3.8) is 0 Å². The molecular formula is C28H32O6. The van der Waals surface area contributed by atoms with E-state index < -0.39 is 30.7 Å². The normalized spacial score (nSPS) is 25.1. The third-order valence-corrected chi connectivity index (χ3v) is 5.77. The molecule has 1 fully saturated rings. The van der Waals surface area contributed by atoms with E-state index in [1.807, 2.05) is 91.0 Å². The molecule has 1 aliphatic heterocycles. The Balaban J connectivity index is 1.47.